The molecule has 158 valence electrons. The maximum Gasteiger partial charge on any atom is 0.416 e. The van der Waals surface area contributed by atoms with Crippen molar-refractivity contribution in [2.45, 2.75) is 19.7 Å². The van der Waals surface area contributed by atoms with Crippen molar-refractivity contribution in [3.8, 4) is 0 Å². The maximum absolute atomic E-state index is 12.9. The van der Waals surface area contributed by atoms with Crippen molar-refractivity contribution in [2.24, 2.45) is 15.3 Å². The summed E-state index contributed by atoms with van der Waals surface area (Å²) in [6, 6.07) is 12.4. The van der Waals surface area contributed by atoms with Crippen molar-refractivity contribution in [1.82, 2.24) is 5.32 Å². The molecule has 1 aliphatic rings. The summed E-state index contributed by atoms with van der Waals surface area (Å²) in [5, 5.41) is 11.2. The van der Waals surface area contributed by atoms with Gasteiger partial charge in [-0.2, -0.15) is 13.2 Å². The van der Waals surface area contributed by atoms with Crippen molar-refractivity contribution in [1.29, 1.82) is 0 Å². The molecule has 1 heterocycles. The van der Waals surface area contributed by atoms with E-state index in [0.717, 1.165) is 29.8 Å². The molecule has 0 aliphatic carbocycles. The maximum atomic E-state index is 12.9. The van der Waals surface area contributed by atoms with Crippen LogP contribution in [-0.2, 0) is 22.5 Å². The minimum atomic E-state index is -4.41. The van der Waals surface area contributed by atoms with Crippen LogP contribution in [0.25, 0.3) is 0 Å². The Balaban J connectivity index is 1.78. The highest BCUT2D eigenvalue weighted by molar-refractivity contribution is 6.48. The zero-order valence-electron chi connectivity index (χ0n) is 16.5. The Morgan fingerprint density at radius 3 is 2.63 bits per heavy atom. The summed E-state index contributed by atoms with van der Waals surface area (Å²) in [7, 11) is 1.46. The predicted octanol–water partition coefficient (Wildman–Crippen LogP) is 4.00. The highest BCUT2D eigenvalue weighted by atomic mass is 19.4. The summed E-state index contributed by atoms with van der Waals surface area (Å²) < 4.78 is 38.7. The second-order valence-electron chi connectivity index (χ2n) is 6.47. The number of nitrogens with one attached hydrogen (secondary N) is 1. The topological polar surface area (TPSA) is 67.6 Å². The fourth-order valence-corrected chi connectivity index (χ4v) is 2.92. The average molecular weight is 418 g/mol. The lowest BCUT2D eigenvalue weighted by Gasteiger charge is -2.12. The SMILES string of the molecule is CO/N=C(/C1=NCCN1)c1ccccc1CO/N=C(\C)c1cccc(C(F)(F)F)c1. The van der Waals surface area contributed by atoms with Gasteiger partial charge >= 0.3 is 6.18 Å². The molecule has 1 aliphatic heterocycles. The lowest BCUT2D eigenvalue weighted by atomic mass is 10.0. The van der Waals surface area contributed by atoms with Crippen LogP contribution in [0.1, 0.15) is 29.2 Å². The predicted molar refractivity (Wildman–Crippen MR) is 109 cm³/mol. The number of hydrogen-bond acceptors (Lipinski definition) is 6. The van der Waals surface area contributed by atoms with Gasteiger partial charge in [-0.1, -0.05) is 46.7 Å². The third-order valence-electron chi connectivity index (χ3n) is 4.38. The third kappa shape index (κ3) is 5.16. The quantitative estimate of drug-likeness (QED) is 0.546. The molecule has 6 nitrogen and oxygen atoms in total. The molecule has 0 unspecified atom stereocenters. The number of benzene rings is 2. The van der Waals surface area contributed by atoms with E-state index in [4.69, 9.17) is 9.68 Å². The van der Waals surface area contributed by atoms with E-state index in [1.807, 2.05) is 24.3 Å². The standard InChI is InChI=1S/C21H21F3N4O2/c1-14(15-7-5-8-17(12-15)21(22,23)24)27-30-13-16-6-3-4-9-18(16)19(28-29-2)20-25-10-11-26-20/h3-9,12H,10-11,13H2,1-2H3,(H,25,26)/b27-14+,28-19+. The smallest absolute Gasteiger partial charge is 0.399 e. The Kier molecular flexibility index (Phi) is 6.71. The lowest BCUT2D eigenvalue weighted by molar-refractivity contribution is -0.137. The van der Waals surface area contributed by atoms with E-state index in [9.17, 15) is 13.2 Å². The molecule has 0 saturated heterocycles. The molecule has 0 radical (unpaired) electrons. The molecule has 1 N–H and O–H groups in total. The molecular formula is C21H21F3N4O2. The van der Waals surface area contributed by atoms with Crippen molar-refractivity contribution < 1.29 is 22.8 Å². The van der Waals surface area contributed by atoms with Crippen LogP contribution in [0.3, 0.4) is 0 Å². The molecule has 30 heavy (non-hydrogen) atoms. The molecule has 0 aromatic heterocycles. The largest absolute Gasteiger partial charge is 0.416 e. The van der Waals surface area contributed by atoms with E-state index in [-0.39, 0.29) is 6.61 Å². The van der Waals surface area contributed by atoms with Crippen molar-refractivity contribution in [2.75, 3.05) is 20.2 Å². The van der Waals surface area contributed by atoms with E-state index in [2.05, 4.69) is 20.6 Å². The van der Waals surface area contributed by atoms with Crippen LogP contribution in [0.4, 0.5) is 13.2 Å². The number of aliphatic imine (C=N–C) groups is 1. The van der Waals surface area contributed by atoms with Gasteiger partial charge in [-0.15, -0.1) is 0 Å². The first-order valence-electron chi connectivity index (χ1n) is 9.22. The number of nitrogens with zero attached hydrogens (tertiary/aromatic N) is 3. The van der Waals surface area contributed by atoms with Crippen LogP contribution in [0.2, 0.25) is 0 Å². The Morgan fingerprint density at radius 2 is 1.93 bits per heavy atom. The minimum Gasteiger partial charge on any atom is -0.399 e. The normalized spacial score (nSPS) is 14.9. The molecule has 0 fully saturated rings. The van der Waals surface area contributed by atoms with Crippen LogP contribution in [0.15, 0.2) is 63.8 Å². The summed E-state index contributed by atoms with van der Waals surface area (Å²) in [6.07, 6.45) is -4.41. The number of amidine groups is 1. The molecule has 0 atom stereocenters. The van der Waals surface area contributed by atoms with Gasteiger partial charge in [0.1, 0.15) is 13.7 Å². The molecule has 0 bridgehead atoms. The fraction of sp³-hybridized carbons (Fsp3) is 0.286. The van der Waals surface area contributed by atoms with Crippen molar-refractivity contribution in [3.63, 3.8) is 0 Å². The van der Waals surface area contributed by atoms with Gasteiger partial charge in [0.25, 0.3) is 0 Å². The summed E-state index contributed by atoms with van der Waals surface area (Å²) >= 11 is 0. The van der Waals surface area contributed by atoms with Gasteiger partial charge in [0.2, 0.25) is 0 Å². The van der Waals surface area contributed by atoms with E-state index < -0.39 is 11.7 Å². The summed E-state index contributed by atoms with van der Waals surface area (Å²) in [5.41, 5.74) is 2.04. The molecule has 0 spiro atoms. The monoisotopic (exact) mass is 418 g/mol. The first-order valence-corrected chi connectivity index (χ1v) is 9.22. The molecular weight excluding hydrogens is 397 g/mol. The van der Waals surface area contributed by atoms with Gasteiger partial charge in [0.05, 0.1) is 17.8 Å². The Labute approximate surface area is 172 Å². The minimum absolute atomic E-state index is 0.0997. The van der Waals surface area contributed by atoms with E-state index in [1.54, 1.807) is 13.0 Å². The Hall–Kier alpha value is -3.36. The molecule has 0 saturated carbocycles. The first kappa shape index (κ1) is 21.4. The van der Waals surface area contributed by atoms with E-state index >= 15 is 0 Å². The molecule has 2 aromatic rings. The molecule has 2 aromatic carbocycles. The van der Waals surface area contributed by atoms with Crippen LogP contribution < -0.4 is 5.32 Å². The number of oxime groups is 2. The number of halogens is 3. The first-order chi connectivity index (χ1) is 14.4. The average Bonchev–Trinajstić information content (AvgIpc) is 3.26. The summed E-state index contributed by atoms with van der Waals surface area (Å²) in [5.74, 6) is 0.632. The number of rotatable bonds is 7. The Bertz CT molecular complexity index is 984. The van der Waals surface area contributed by atoms with Gasteiger partial charge in [-0.25, -0.2) is 0 Å². The second-order valence-corrected chi connectivity index (χ2v) is 6.47. The van der Waals surface area contributed by atoms with Crippen LogP contribution in [-0.4, -0.2) is 37.5 Å². The van der Waals surface area contributed by atoms with Gasteiger partial charge in [-0.05, 0) is 24.6 Å². The highest BCUT2D eigenvalue weighted by Gasteiger charge is 2.30. The van der Waals surface area contributed by atoms with Gasteiger partial charge in [0.15, 0.2) is 11.5 Å². The zero-order chi connectivity index (χ0) is 21.6. The van der Waals surface area contributed by atoms with Crippen molar-refractivity contribution >= 4 is 17.3 Å². The van der Waals surface area contributed by atoms with Crippen LogP contribution in [0, 0.1) is 0 Å². The fourth-order valence-electron chi connectivity index (χ4n) is 2.92. The third-order valence-corrected chi connectivity index (χ3v) is 4.38. The highest BCUT2D eigenvalue weighted by Crippen LogP contribution is 2.29. The number of alkyl halides is 3. The van der Waals surface area contributed by atoms with Gasteiger partial charge < -0.3 is 15.0 Å². The molecule has 3 rings (SSSR count). The molecule has 9 heteroatoms. The van der Waals surface area contributed by atoms with Gasteiger partial charge in [0, 0.05) is 17.7 Å². The van der Waals surface area contributed by atoms with Gasteiger partial charge in [-0.3, -0.25) is 4.99 Å². The van der Waals surface area contributed by atoms with Crippen LogP contribution >= 0.6 is 0 Å². The van der Waals surface area contributed by atoms with E-state index in [0.29, 0.717) is 29.4 Å². The van der Waals surface area contributed by atoms with Crippen LogP contribution in [0.5, 0.6) is 0 Å². The van der Waals surface area contributed by atoms with Crippen molar-refractivity contribution in [3.05, 3.63) is 70.8 Å². The lowest BCUT2D eigenvalue weighted by Crippen LogP contribution is -2.29. The summed E-state index contributed by atoms with van der Waals surface area (Å²) in [4.78, 5) is 14.8. The number of hydrogen-bond donors (Lipinski definition) is 1. The van der Waals surface area contributed by atoms with E-state index in [1.165, 1.54) is 13.2 Å². The second kappa shape index (κ2) is 9.43. The Morgan fingerprint density at radius 1 is 1.13 bits per heavy atom. The zero-order valence-corrected chi connectivity index (χ0v) is 16.5. The molecule has 0 amide bonds. The summed E-state index contributed by atoms with van der Waals surface area (Å²) in [6.45, 7) is 3.06.